The van der Waals surface area contributed by atoms with Crippen LogP contribution in [-0.4, -0.2) is 25.5 Å². The molecule has 0 saturated carbocycles. The fraction of sp³-hybridized carbons (Fsp3) is 0.462. The molecule has 8 heteroatoms. The van der Waals surface area contributed by atoms with Crippen molar-refractivity contribution in [3.8, 4) is 0 Å². The van der Waals surface area contributed by atoms with E-state index in [1.807, 2.05) is 13.8 Å². The first-order valence-corrected chi connectivity index (χ1v) is 8.15. The van der Waals surface area contributed by atoms with Crippen LogP contribution < -0.4 is 4.72 Å². The number of benzene rings is 1. The summed E-state index contributed by atoms with van der Waals surface area (Å²) in [5.74, 6) is -2.31. The molecule has 2 N–H and O–H groups in total. The predicted octanol–water partition coefficient (Wildman–Crippen LogP) is 2.89. The van der Waals surface area contributed by atoms with Crippen molar-refractivity contribution in [2.75, 3.05) is 0 Å². The molecule has 1 unspecified atom stereocenters. The number of aromatic carboxylic acids is 1. The van der Waals surface area contributed by atoms with E-state index in [-0.39, 0.29) is 12.0 Å². The Morgan fingerprint density at radius 1 is 1.38 bits per heavy atom. The molecule has 21 heavy (non-hydrogen) atoms. The zero-order valence-corrected chi connectivity index (χ0v) is 13.4. The molecule has 118 valence electrons. The van der Waals surface area contributed by atoms with Crippen molar-refractivity contribution >= 4 is 27.6 Å². The zero-order valence-electron chi connectivity index (χ0n) is 11.9. The summed E-state index contributed by atoms with van der Waals surface area (Å²) < 4.78 is 40.3. The second kappa shape index (κ2) is 6.72. The number of sulfonamides is 1. The lowest BCUT2D eigenvalue weighted by molar-refractivity contribution is 0.0696. The van der Waals surface area contributed by atoms with Crippen molar-refractivity contribution < 1.29 is 22.7 Å². The Bertz CT molecular complexity index is 646. The Hall–Kier alpha value is -1.18. The molecule has 0 amide bonds. The summed E-state index contributed by atoms with van der Waals surface area (Å²) in [6, 6.07) is 1.19. The monoisotopic (exact) mass is 337 g/mol. The van der Waals surface area contributed by atoms with Gasteiger partial charge in [-0.1, -0.05) is 25.4 Å². The van der Waals surface area contributed by atoms with Gasteiger partial charge in [0.05, 0.1) is 15.5 Å². The average Bonchev–Trinajstić information content (AvgIpc) is 2.29. The lowest BCUT2D eigenvalue weighted by atomic mass is 10.1. The second-order valence-corrected chi connectivity index (χ2v) is 7.32. The van der Waals surface area contributed by atoms with Gasteiger partial charge in [0.15, 0.2) is 0 Å². The number of halogens is 2. The number of nitrogens with one attached hydrogen (secondary N) is 1. The topological polar surface area (TPSA) is 83.5 Å². The SMILES string of the molecule is CC(C)CC(C)NS(=O)(=O)c1cc(F)c(Cl)c(C(=O)O)c1. The van der Waals surface area contributed by atoms with E-state index in [0.29, 0.717) is 12.5 Å². The summed E-state index contributed by atoms with van der Waals surface area (Å²) in [5, 5.41) is 8.30. The number of carboxylic acids is 1. The minimum absolute atomic E-state index is 0.277. The molecule has 0 bridgehead atoms. The van der Waals surface area contributed by atoms with Crippen molar-refractivity contribution in [2.24, 2.45) is 5.92 Å². The molecule has 1 atom stereocenters. The standard InChI is InChI=1S/C13H17ClFNO4S/c1-7(2)4-8(3)16-21(19,20)9-5-10(13(17)18)12(14)11(15)6-9/h5-8,16H,4H2,1-3H3,(H,17,18). The molecule has 5 nitrogen and oxygen atoms in total. The first-order chi connectivity index (χ1) is 9.54. The van der Waals surface area contributed by atoms with Crippen molar-refractivity contribution in [1.29, 1.82) is 0 Å². The van der Waals surface area contributed by atoms with Crippen LogP contribution in [0.3, 0.4) is 0 Å². The molecule has 0 aromatic heterocycles. The van der Waals surface area contributed by atoms with Crippen LogP contribution in [0.4, 0.5) is 4.39 Å². The fourth-order valence-corrected chi connectivity index (χ4v) is 3.45. The molecule has 1 aromatic carbocycles. The Labute approximate surface area is 128 Å². The highest BCUT2D eigenvalue weighted by Crippen LogP contribution is 2.24. The van der Waals surface area contributed by atoms with Gasteiger partial charge in [0.1, 0.15) is 5.82 Å². The van der Waals surface area contributed by atoms with Gasteiger partial charge in [0, 0.05) is 6.04 Å². The maximum absolute atomic E-state index is 13.6. The largest absolute Gasteiger partial charge is 0.478 e. The summed E-state index contributed by atoms with van der Waals surface area (Å²) in [4.78, 5) is 10.5. The van der Waals surface area contributed by atoms with Crippen LogP contribution in [0.2, 0.25) is 5.02 Å². The Morgan fingerprint density at radius 3 is 2.43 bits per heavy atom. The van der Waals surface area contributed by atoms with Crippen LogP contribution >= 0.6 is 11.6 Å². The highest BCUT2D eigenvalue weighted by molar-refractivity contribution is 7.89. The highest BCUT2D eigenvalue weighted by atomic mass is 35.5. The van der Waals surface area contributed by atoms with Crippen LogP contribution in [0.15, 0.2) is 17.0 Å². The summed E-state index contributed by atoms with van der Waals surface area (Å²) >= 11 is 5.51. The van der Waals surface area contributed by atoms with Gasteiger partial charge in [-0.15, -0.1) is 0 Å². The van der Waals surface area contributed by atoms with E-state index in [2.05, 4.69) is 4.72 Å². The number of rotatable bonds is 6. The number of hydrogen-bond acceptors (Lipinski definition) is 3. The van der Waals surface area contributed by atoms with Gasteiger partial charge in [-0.05, 0) is 31.4 Å². The van der Waals surface area contributed by atoms with E-state index in [4.69, 9.17) is 16.7 Å². The number of carboxylic acid groups (broad SMARTS) is 1. The third kappa shape index (κ3) is 4.66. The van der Waals surface area contributed by atoms with Crippen molar-refractivity contribution in [2.45, 2.75) is 38.1 Å². The molecule has 1 rings (SSSR count). The lowest BCUT2D eigenvalue weighted by Crippen LogP contribution is -2.33. The van der Waals surface area contributed by atoms with Crippen LogP contribution in [0.1, 0.15) is 37.6 Å². The first-order valence-electron chi connectivity index (χ1n) is 6.29. The maximum Gasteiger partial charge on any atom is 0.337 e. The lowest BCUT2D eigenvalue weighted by Gasteiger charge is -2.16. The van der Waals surface area contributed by atoms with Crippen LogP contribution in [0.25, 0.3) is 0 Å². The molecule has 0 radical (unpaired) electrons. The Balaban J connectivity index is 3.17. The quantitative estimate of drug-likeness (QED) is 0.836. The molecule has 0 fully saturated rings. The smallest absolute Gasteiger partial charge is 0.337 e. The maximum atomic E-state index is 13.6. The molecule has 0 aliphatic heterocycles. The molecule has 0 aliphatic rings. The molecule has 0 spiro atoms. The second-order valence-electron chi connectivity index (χ2n) is 5.22. The molecular formula is C13H17ClFNO4S. The minimum Gasteiger partial charge on any atom is -0.478 e. The normalized spacial score (nSPS) is 13.4. The zero-order chi connectivity index (χ0) is 16.4. The minimum atomic E-state index is -4.01. The van der Waals surface area contributed by atoms with Gasteiger partial charge >= 0.3 is 5.97 Å². The van der Waals surface area contributed by atoms with E-state index in [1.54, 1.807) is 6.92 Å². The number of hydrogen-bond donors (Lipinski definition) is 2. The van der Waals surface area contributed by atoms with Crippen LogP contribution in [0.5, 0.6) is 0 Å². The van der Waals surface area contributed by atoms with E-state index in [9.17, 15) is 17.6 Å². The Morgan fingerprint density at radius 2 is 1.95 bits per heavy atom. The Kier molecular flexibility index (Phi) is 5.72. The number of carbonyl (C=O) groups is 1. The molecule has 0 heterocycles. The fourth-order valence-electron chi connectivity index (χ4n) is 1.96. The van der Waals surface area contributed by atoms with E-state index >= 15 is 0 Å². The summed E-state index contributed by atoms with van der Waals surface area (Å²) in [6.07, 6.45) is 0.598. The van der Waals surface area contributed by atoms with Crippen LogP contribution in [0, 0.1) is 11.7 Å². The third-order valence-corrected chi connectivity index (χ3v) is 4.68. The summed E-state index contributed by atoms with van der Waals surface area (Å²) in [5.41, 5.74) is -0.589. The van der Waals surface area contributed by atoms with Gasteiger partial charge < -0.3 is 5.11 Å². The average molecular weight is 338 g/mol. The van der Waals surface area contributed by atoms with Crippen LogP contribution in [-0.2, 0) is 10.0 Å². The van der Waals surface area contributed by atoms with Gasteiger partial charge in [0.2, 0.25) is 10.0 Å². The van der Waals surface area contributed by atoms with Gasteiger partial charge in [-0.2, -0.15) is 0 Å². The predicted molar refractivity (Wildman–Crippen MR) is 77.6 cm³/mol. The van der Waals surface area contributed by atoms with Crippen molar-refractivity contribution in [3.05, 3.63) is 28.5 Å². The molecule has 0 saturated heterocycles. The van der Waals surface area contributed by atoms with Crippen molar-refractivity contribution in [3.63, 3.8) is 0 Å². The van der Waals surface area contributed by atoms with Gasteiger partial charge in [-0.25, -0.2) is 22.3 Å². The third-order valence-electron chi connectivity index (χ3n) is 2.72. The summed E-state index contributed by atoms with van der Waals surface area (Å²) in [7, 11) is -4.01. The molecule has 0 aliphatic carbocycles. The van der Waals surface area contributed by atoms with E-state index in [1.165, 1.54) is 0 Å². The summed E-state index contributed by atoms with van der Waals surface area (Å²) in [6.45, 7) is 5.56. The first kappa shape index (κ1) is 17.9. The van der Waals surface area contributed by atoms with Gasteiger partial charge in [-0.3, -0.25) is 0 Å². The van der Waals surface area contributed by atoms with Gasteiger partial charge in [0.25, 0.3) is 0 Å². The molecule has 1 aromatic rings. The van der Waals surface area contributed by atoms with E-state index < -0.39 is 37.3 Å². The van der Waals surface area contributed by atoms with Crippen molar-refractivity contribution in [1.82, 2.24) is 4.72 Å². The molecular weight excluding hydrogens is 321 g/mol. The van der Waals surface area contributed by atoms with E-state index in [0.717, 1.165) is 6.07 Å². The highest BCUT2D eigenvalue weighted by Gasteiger charge is 2.23.